The Morgan fingerprint density at radius 1 is 0.532 bits per heavy atom. The number of ketones is 1. The lowest BCUT2D eigenvalue weighted by atomic mass is 9.59. The predicted octanol–water partition coefficient (Wildman–Crippen LogP) is 8.80. The highest BCUT2D eigenvalue weighted by Crippen LogP contribution is 2.74. The summed E-state index contributed by atoms with van der Waals surface area (Å²) in [5, 5.41) is 0.548. The first-order valence-corrected chi connectivity index (χ1v) is 16.4. The minimum Gasteiger partial charge on any atom is -0.297 e. The van der Waals surface area contributed by atoms with E-state index in [1.54, 1.807) is 18.2 Å². The summed E-state index contributed by atoms with van der Waals surface area (Å²) >= 11 is 12.7. The highest BCUT2D eigenvalue weighted by atomic mass is 35.5. The molecule has 5 aromatic rings. The zero-order valence-electron chi connectivity index (χ0n) is 25.7. The first-order chi connectivity index (χ1) is 22.7. The molecule has 8 rings (SSSR count). The molecule has 1 saturated carbocycles. The minimum atomic E-state index is -1.46. The highest BCUT2D eigenvalue weighted by Gasteiger charge is 2.82. The average molecular weight is 655 g/mol. The number of allylic oxidation sites excluding steroid dienone is 2. The predicted molar refractivity (Wildman–Crippen MR) is 186 cm³/mol. The van der Waals surface area contributed by atoms with Crippen LogP contribution in [0.2, 0.25) is 10.0 Å². The van der Waals surface area contributed by atoms with E-state index in [1.165, 1.54) is 4.90 Å². The maximum Gasteiger partial charge on any atom is 0.239 e. The van der Waals surface area contributed by atoms with E-state index in [0.29, 0.717) is 21.8 Å². The molecule has 6 heteroatoms. The molecule has 0 N–H and O–H groups in total. The molecular weight excluding hydrogens is 625 g/mol. The summed E-state index contributed by atoms with van der Waals surface area (Å²) in [5.74, 6) is -3.03. The lowest BCUT2D eigenvalue weighted by Gasteiger charge is -2.39. The van der Waals surface area contributed by atoms with Gasteiger partial charge in [-0.2, -0.15) is 0 Å². The first kappa shape index (κ1) is 29.6. The Morgan fingerprint density at radius 3 is 1.36 bits per heavy atom. The van der Waals surface area contributed by atoms with E-state index in [2.05, 4.69) is 0 Å². The zero-order chi connectivity index (χ0) is 32.7. The molecule has 230 valence electrons. The van der Waals surface area contributed by atoms with Crippen LogP contribution < -0.4 is 4.90 Å². The number of anilines is 1. The van der Waals surface area contributed by atoms with Gasteiger partial charge in [-0.25, -0.2) is 4.90 Å². The van der Waals surface area contributed by atoms with Crippen molar-refractivity contribution in [1.29, 1.82) is 0 Å². The monoisotopic (exact) mass is 653 g/mol. The van der Waals surface area contributed by atoms with Gasteiger partial charge in [-0.15, -0.1) is 0 Å². The topological polar surface area (TPSA) is 54.5 Å². The zero-order valence-corrected chi connectivity index (χ0v) is 27.2. The number of fused-ring (bicyclic) bond motifs is 5. The standard InChI is InChI=1S/C41H29Cl2NO3/c1-24-13-17-26(18-14-24)33-34(27-19-15-25(2)16-20-27)41(29-11-7-4-8-12-29)36-35(40(33,39(41)47)28-9-5-3-6-10-28)37(45)44(38(36)46)30-21-22-31(42)32(43)23-30/h3-23,35-36H,1-2H3/t35-,36-,40+,41+/m0/s1. The van der Waals surface area contributed by atoms with Crippen molar-refractivity contribution in [2.45, 2.75) is 24.7 Å². The minimum absolute atomic E-state index is 0.154. The molecule has 47 heavy (non-hydrogen) atoms. The van der Waals surface area contributed by atoms with E-state index in [0.717, 1.165) is 33.4 Å². The van der Waals surface area contributed by atoms with Crippen LogP contribution in [-0.4, -0.2) is 17.6 Å². The van der Waals surface area contributed by atoms with Crippen LogP contribution in [0, 0.1) is 25.7 Å². The number of carbonyl (C=O) groups is 3. The number of benzene rings is 5. The largest absolute Gasteiger partial charge is 0.297 e. The fraction of sp³-hybridized carbons (Fsp3) is 0.146. The Labute approximate surface area is 283 Å². The van der Waals surface area contributed by atoms with E-state index >= 15 is 14.4 Å². The van der Waals surface area contributed by atoms with Crippen LogP contribution in [-0.2, 0) is 25.2 Å². The van der Waals surface area contributed by atoms with Crippen molar-refractivity contribution in [3.8, 4) is 0 Å². The Morgan fingerprint density at radius 2 is 0.957 bits per heavy atom. The number of hydrogen-bond donors (Lipinski definition) is 0. The summed E-state index contributed by atoms with van der Waals surface area (Å²) in [7, 11) is 0. The van der Waals surface area contributed by atoms with Gasteiger partial charge in [0.05, 0.1) is 38.4 Å². The van der Waals surface area contributed by atoms with Crippen LogP contribution in [0.3, 0.4) is 0 Å². The summed E-state index contributed by atoms with van der Waals surface area (Å²) in [5.41, 5.74) is 4.13. The molecule has 3 aliphatic rings. The average Bonchev–Trinajstić information content (AvgIpc) is 3.60. The van der Waals surface area contributed by atoms with Crippen LogP contribution in [0.15, 0.2) is 127 Å². The molecule has 5 aromatic carbocycles. The van der Waals surface area contributed by atoms with Crippen LogP contribution in [0.25, 0.3) is 11.1 Å². The van der Waals surface area contributed by atoms with E-state index < -0.39 is 34.5 Å². The Balaban J connectivity index is 1.55. The number of imide groups is 1. The quantitative estimate of drug-likeness (QED) is 0.178. The van der Waals surface area contributed by atoms with Crippen LogP contribution in [0.1, 0.15) is 33.4 Å². The number of aryl methyl sites for hydroxylation is 2. The number of halogens is 2. The van der Waals surface area contributed by atoms with E-state index in [9.17, 15) is 0 Å². The number of rotatable bonds is 5. The van der Waals surface area contributed by atoms with Crippen LogP contribution in [0.4, 0.5) is 5.69 Å². The molecule has 1 heterocycles. The Kier molecular flexibility index (Phi) is 6.70. The van der Waals surface area contributed by atoms with Crippen LogP contribution >= 0.6 is 23.2 Å². The Bertz CT molecular complexity index is 2010. The molecule has 1 aliphatic heterocycles. The van der Waals surface area contributed by atoms with Crippen molar-refractivity contribution >= 4 is 57.6 Å². The van der Waals surface area contributed by atoms with E-state index in [-0.39, 0.29) is 10.8 Å². The Hall–Kier alpha value is -4.77. The third-order valence-electron chi connectivity index (χ3n) is 10.3. The van der Waals surface area contributed by atoms with Gasteiger partial charge in [-0.3, -0.25) is 14.4 Å². The maximum absolute atomic E-state index is 16.0. The highest BCUT2D eigenvalue weighted by molar-refractivity contribution is 6.43. The molecule has 0 unspecified atom stereocenters. The SMILES string of the molecule is Cc1ccc(C2=C(c3ccc(C)cc3)[C@@]3(c4ccccc4)C(=O)[C@@]2(c2ccccc2)[C@@H]2C(=O)N(c4ccc(Cl)c(Cl)c4)C(=O)[C@H]23)cc1. The maximum atomic E-state index is 16.0. The second-order valence-corrected chi connectivity index (χ2v) is 13.5. The normalized spacial score (nSPS) is 24.8. The number of hydrogen-bond acceptors (Lipinski definition) is 3. The molecule has 4 atom stereocenters. The number of amides is 2. The molecular formula is C41H29Cl2NO3. The van der Waals surface area contributed by atoms with Crippen molar-refractivity contribution in [1.82, 2.24) is 0 Å². The number of Topliss-reactive ketones (excluding diaryl/α,β-unsaturated/α-hetero) is 1. The summed E-state index contributed by atoms with van der Waals surface area (Å²) in [6.45, 7) is 4.04. The summed E-state index contributed by atoms with van der Waals surface area (Å²) in [6, 6.07) is 40.0. The van der Waals surface area contributed by atoms with Gasteiger partial charge in [-0.05, 0) is 65.4 Å². The third kappa shape index (κ3) is 3.86. The molecule has 4 nitrogen and oxygen atoms in total. The summed E-state index contributed by atoms with van der Waals surface area (Å²) in [6.07, 6.45) is 0. The number of carbonyl (C=O) groups excluding carboxylic acids is 3. The van der Waals surface area contributed by atoms with Gasteiger partial charge >= 0.3 is 0 Å². The fourth-order valence-corrected chi connectivity index (χ4v) is 8.74. The van der Waals surface area contributed by atoms with Crippen molar-refractivity contribution in [2.24, 2.45) is 11.8 Å². The lowest BCUT2D eigenvalue weighted by molar-refractivity contribution is -0.130. The summed E-state index contributed by atoms with van der Waals surface area (Å²) in [4.78, 5) is 47.3. The molecule has 0 aromatic heterocycles. The molecule has 2 aliphatic carbocycles. The van der Waals surface area contributed by atoms with Crippen molar-refractivity contribution in [2.75, 3.05) is 4.90 Å². The number of nitrogens with zero attached hydrogens (tertiary/aromatic N) is 1. The van der Waals surface area contributed by atoms with Crippen molar-refractivity contribution in [3.63, 3.8) is 0 Å². The van der Waals surface area contributed by atoms with Gasteiger partial charge in [-0.1, -0.05) is 144 Å². The van der Waals surface area contributed by atoms with Gasteiger partial charge in [0.1, 0.15) is 0 Å². The lowest BCUT2D eigenvalue weighted by Crippen LogP contribution is -2.45. The molecule has 1 saturated heterocycles. The van der Waals surface area contributed by atoms with Gasteiger partial charge < -0.3 is 0 Å². The molecule has 2 bridgehead atoms. The summed E-state index contributed by atoms with van der Waals surface area (Å²) < 4.78 is 0. The third-order valence-corrected chi connectivity index (χ3v) is 11.0. The van der Waals surface area contributed by atoms with Gasteiger partial charge in [0.25, 0.3) is 0 Å². The molecule has 2 fully saturated rings. The first-order valence-electron chi connectivity index (χ1n) is 15.6. The molecule has 2 amide bonds. The second kappa shape index (κ2) is 10.6. The van der Waals surface area contributed by atoms with E-state index in [4.69, 9.17) is 23.2 Å². The van der Waals surface area contributed by atoms with Gasteiger partial charge in [0.2, 0.25) is 11.8 Å². The van der Waals surface area contributed by atoms with Gasteiger partial charge in [0.15, 0.2) is 5.78 Å². The van der Waals surface area contributed by atoms with Crippen molar-refractivity contribution < 1.29 is 14.4 Å². The molecule has 0 radical (unpaired) electrons. The smallest absolute Gasteiger partial charge is 0.239 e. The van der Waals surface area contributed by atoms with Gasteiger partial charge in [0, 0.05) is 0 Å². The van der Waals surface area contributed by atoms with E-state index in [1.807, 2.05) is 123 Å². The second-order valence-electron chi connectivity index (χ2n) is 12.7. The fourth-order valence-electron chi connectivity index (χ4n) is 8.44. The van der Waals surface area contributed by atoms with Crippen molar-refractivity contribution in [3.05, 3.63) is 171 Å². The van der Waals surface area contributed by atoms with Crippen LogP contribution in [0.5, 0.6) is 0 Å². The molecule has 0 spiro atoms.